The van der Waals surface area contributed by atoms with E-state index >= 15 is 0 Å². The fourth-order valence-electron chi connectivity index (χ4n) is 3.42. The molecule has 2 N–H and O–H groups in total. The van der Waals surface area contributed by atoms with Gasteiger partial charge in [0, 0.05) is 25.0 Å². The summed E-state index contributed by atoms with van der Waals surface area (Å²) < 4.78 is 38.4. The van der Waals surface area contributed by atoms with Crippen LogP contribution in [0.3, 0.4) is 0 Å². The average Bonchev–Trinajstić information content (AvgIpc) is 2.98. The third-order valence-corrected chi connectivity index (χ3v) is 4.68. The molecule has 0 spiro atoms. The standard InChI is InChI=1S/C16H19F3N2O.C4H10/c17-16(18,19)13-3-1-10-5-6-21(9-12(10)7-13)15(22)11-2-4-14(20)8-11;1-4(2)3/h1,3,7,11,14H,2,4-6,8-9,20H2;4H,1-3H3. The predicted octanol–water partition coefficient (Wildman–Crippen LogP) is 4.38. The van der Waals surface area contributed by atoms with Crippen LogP contribution in [0.2, 0.25) is 0 Å². The Morgan fingerprint density at radius 1 is 1.19 bits per heavy atom. The maximum absolute atomic E-state index is 12.8. The Morgan fingerprint density at radius 3 is 2.38 bits per heavy atom. The number of amides is 1. The fourth-order valence-corrected chi connectivity index (χ4v) is 3.42. The van der Waals surface area contributed by atoms with Gasteiger partial charge in [0.25, 0.3) is 0 Å². The summed E-state index contributed by atoms with van der Waals surface area (Å²) >= 11 is 0. The molecule has 26 heavy (non-hydrogen) atoms. The van der Waals surface area contributed by atoms with E-state index in [1.807, 2.05) is 0 Å². The summed E-state index contributed by atoms with van der Waals surface area (Å²) in [5.41, 5.74) is 6.70. The maximum Gasteiger partial charge on any atom is 0.416 e. The van der Waals surface area contributed by atoms with Crippen molar-refractivity contribution < 1.29 is 18.0 Å². The van der Waals surface area contributed by atoms with E-state index in [0.717, 1.165) is 30.4 Å². The van der Waals surface area contributed by atoms with Crippen LogP contribution in [-0.4, -0.2) is 23.4 Å². The van der Waals surface area contributed by atoms with E-state index in [-0.39, 0.29) is 24.4 Å². The Morgan fingerprint density at radius 2 is 1.85 bits per heavy atom. The fraction of sp³-hybridized carbons (Fsp3) is 0.650. The molecule has 1 aromatic rings. The van der Waals surface area contributed by atoms with Gasteiger partial charge < -0.3 is 10.6 Å². The number of hydrogen-bond acceptors (Lipinski definition) is 2. The largest absolute Gasteiger partial charge is 0.416 e. The molecule has 0 saturated heterocycles. The Labute approximate surface area is 153 Å². The van der Waals surface area contributed by atoms with Gasteiger partial charge in [0.05, 0.1) is 5.56 Å². The lowest BCUT2D eigenvalue weighted by Gasteiger charge is -2.31. The van der Waals surface area contributed by atoms with Gasteiger partial charge in [-0.2, -0.15) is 13.2 Å². The first-order valence-electron chi connectivity index (χ1n) is 9.31. The number of carbonyl (C=O) groups excluding carboxylic acids is 1. The van der Waals surface area contributed by atoms with Gasteiger partial charge >= 0.3 is 6.18 Å². The number of benzene rings is 1. The summed E-state index contributed by atoms with van der Waals surface area (Å²) in [6.45, 7) is 7.34. The minimum absolute atomic E-state index is 0.0380. The zero-order valence-electron chi connectivity index (χ0n) is 15.8. The molecule has 1 amide bonds. The van der Waals surface area contributed by atoms with E-state index in [1.54, 1.807) is 4.90 Å². The first kappa shape index (κ1) is 20.7. The molecule has 2 unspecified atom stereocenters. The van der Waals surface area contributed by atoms with Gasteiger partial charge in [-0.05, 0) is 54.9 Å². The molecule has 3 rings (SSSR count). The van der Waals surface area contributed by atoms with E-state index < -0.39 is 11.7 Å². The first-order valence-corrected chi connectivity index (χ1v) is 9.31. The number of fused-ring (bicyclic) bond motifs is 1. The summed E-state index contributed by atoms with van der Waals surface area (Å²) in [4.78, 5) is 14.2. The highest BCUT2D eigenvalue weighted by molar-refractivity contribution is 5.79. The van der Waals surface area contributed by atoms with Crippen LogP contribution >= 0.6 is 0 Å². The lowest BCUT2D eigenvalue weighted by molar-refractivity contribution is -0.137. The van der Waals surface area contributed by atoms with Gasteiger partial charge in [0.15, 0.2) is 0 Å². The van der Waals surface area contributed by atoms with Crippen molar-refractivity contribution >= 4 is 5.91 Å². The van der Waals surface area contributed by atoms with Crippen molar-refractivity contribution in [3.8, 4) is 0 Å². The molecule has 2 atom stereocenters. The highest BCUT2D eigenvalue weighted by Crippen LogP contribution is 2.33. The third kappa shape index (κ3) is 5.47. The van der Waals surface area contributed by atoms with Crippen LogP contribution in [-0.2, 0) is 23.9 Å². The van der Waals surface area contributed by atoms with Crippen LogP contribution in [0.25, 0.3) is 0 Å². The first-order chi connectivity index (χ1) is 12.1. The average molecular weight is 370 g/mol. The molecule has 1 aliphatic carbocycles. The van der Waals surface area contributed by atoms with Crippen molar-refractivity contribution in [3.05, 3.63) is 34.9 Å². The smallest absolute Gasteiger partial charge is 0.338 e. The molecule has 1 heterocycles. The number of nitrogens with two attached hydrogens (primary N) is 1. The highest BCUT2D eigenvalue weighted by atomic mass is 19.4. The predicted molar refractivity (Wildman–Crippen MR) is 96.4 cm³/mol. The van der Waals surface area contributed by atoms with Gasteiger partial charge in [0.2, 0.25) is 5.91 Å². The lowest BCUT2D eigenvalue weighted by Crippen LogP contribution is -2.39. The van der Waals surface area contributed by atoms with Crippen molar-refractivity contribution in [1.29, 1.82) is 0 Å². The molecular weight excluding hydrogens is 341 g/mol. The molecule has 2 aliphatic rings. The Hall–Kier alpha value is -1.56. The second-order valence-corrected chi connectivity index (χ2v) is 7.99. The summed E-state index contributed by atoms with van der Waals surface area (Å²) in [5.74, 6) is 0.804. The normalized spacial score (nSPS) is 22.7. The molecule has 0 bridgehead atoms. The van der Waals surface area contributed by atoms with Gasteiger partial charge in [-0.15, -0.1) is 0 Å². The zero-order chi connectivity index (χ0) is 19.5. The molecule has 1 saturated carbocycles. The lowest BCUT2D eigenvalue weighted by atomic mass is 9.95. The molecule has 1 aromatic carbocycles. The minimum Gasteiger partial charge on any atom is -0.338 e. The van der Waals surface area contributed by atoms with Crippen molar-refractivity contribution in [2.75, 3.05) is 6.54 Å². The summed E-state index contributed by atoms with van der Waals surface area (Å²) in [6.07, 6.45) is -1.42. The molecule has 1 aliphatic heterocycles. The van der Waals surface area contributed by atoms with E-state index in [1.165, 1.54) is 12.1 Å². The van der Waals surface area contributed by atoms with Crippen LogP contribution in [0.1, 0.15) is 56.7 Å². The van der Waals surface area contributed by atoms with Gasteiger partial charge in [0.1, 0.15) is 0 Å². The van der Waals surface area contributed by atoms with Crippen LogP contribution in [0.5, 0.6) is 0 Å². The molecule has 3 nitrogen and oxygen atoms in total. The molecule has 0 aromatic heterocycles. The Kier molecular flexibility index (Phi) is 6.72. The van der Waals surface area contributed by atoms with Gasteiger partial charge in [-0.1, -0.05) is 26.8 Å². The minimum atomic E-state index is -4.35. The summed E-state index contributed by atoms with van der Waals surface area (Å²) in [6, 6.07) is 3.90. The SMILES string of the molecule is CC(C)C.NC1CCC(C(=O)N2CCc3ccc(C(F)(F)F)cc3C2)C1. The quantitative estimate of drug-likeness (QED) is 0.797. The maximum atomic E-state index is 12.8. The second kappa shape index (κ2) is 8.42. The van der Waals surface area contributed by atoms with Gasteiger partial charge in [-0.3, -0.25) is 4.79 Å². The number of alkyl halides is 3. The Bertz CT molecular complexity index is 625. The third-order valence-electron chi connectivity index (χ3n) is 4.68. The molecule has 146 valence electrons. The zero-order valence-corrected chi connectivity index (χ0v) is 15.8. The van der Waals surface area contributed by atoms with E-state index in [4.69, 9.17) is 5.73 Å². The van der Waals surface area contributed by atoms with Gasteiger partial charge in [-0.25, -0.2) is 0 Å². The second-order valence-electron chi connectivity index (χ2n) is 7.99. The number of hydrogen-bond donors (Lipinski definition) is 1. The summed E-state index contributed by atoms with van der Waals surface area (Å²) in [5, 5.41) is 0. The van der Waals surface area contributed by atoms with Crippen LogP contribution in [0, 0.1) is 11.8 Å². The highest BCUT2D eigenvalue weighted by Gasteiger charge is 2.34. The summed E-state index contributed by atoms with van der Waals surface area (Å²) in [7, 11) is 0. The molecule has 1 fully saturated rings. The molecule has 6 heteroatoms. The topological polar surface area (TPSA) is 46.3 Å². The van der Waals surface area contributed by atoms with E-state index in [0.29, 0.717) is 24.9 Å². The van der Waals surface area contributed by atoms with Crippen molar-refractivity contribution in [2.24, 2.45) is 17.6 Å². The van der Waals surface area contributed by atoms with Crippen LogP contribution in [0.4, 0.5) is 13.2 Å². The van der Waals surface area contributed by atoms with Crippen molar-refractivity contribution in [3.63, 3.8) is 0 Å². The monoisotopic (exact) mass is 370 g/mol. The number of nitrogens with zero attached hydrogens (tertiary/aromatic N) is 1. The van der Waals surface area contributed by atoms with Crippen LogP contribution < -0.4 is 5.73 Å². The van der Waals surface area contributed by atoms with Crippen LogP contribution in [0.15, 0.2) is 18.2 Å². The van der Waals surface area contributed by atoms with Crippen molar-refractivity contribution in [2.45, 2.75) is 65.2 Å². The Balaban J connectivity index is 0.000000552. The number of rotatable bonds is 1. The van der Waals surface area contributed by atoms with Crippen molar-refractivity contribution in [1.82, 2.24) is 4.90 Å². The number of carbonyl (C=O) groups is 1. The number of halogens is 3. The van der Waals surface area contributed by atoms with E-state index in [2.05, 4.69) is 20.8 Å². The molecule has 0 radical (unpaired) electrons. The molecular formula is C20H29F3N2O. The van der Waals surface area contributed by atoms with E-state index in [9.17, 15) is 18.0 Å².